The summed E-state index contributed by atoms with van der Waals surface area (Å²) in [5.74, 6) is -0.102. The monoisotopic (exact) mass is 527 g/mol. The Morgan fingerprint density at radius 3 is 1.55 bits per heavy atom. The lowest BCUT2D eigenvalue weighted by Gasteiger charge is -2.29. The van der Waals surface area contributed by atoms with E-state index in [0.29, 0.717) is 11.1 Å². The molecule has 0 atom stereocenters. The van der Waals surface area contributed by atoms with E-state index in [2.05, 4.69) is 38.1 Å². The molecule has 0 aromatic heterocycles. The van der Waals surface area contributed by atoms with Crippen molar-refractivity contribution in [1.82, 2.24) is 4.31 Å². The Hall–Kier alpha value is -3.28. The zero-order valence-electron chi connectivity index (χ0n) is 22.4. The molecular formula is C33H37NO3S. The summed E-state index contributed by atoms with van der Waals surface area (Å²) in [4.78, 5) is 13.8. The number of unbranched alkanes of at least 4 members (excludes halogenated alkanes) is 2. The highest BCUT2D eigenvalue weighted by atomic mass is 32.2. The number of carbonyl (C=O) groups excluding carboxylic acids is 1. The van der Waals surface area contributed by atoms with Gasteiger partial charge in [-0.05, 0) is 72.2 Å². The van der Waals surface area contributed by atoms with Crippen LogP contribution in [0.5, 0.6) is 0 Å². The smallest absolute Gasteiger partial charge is 0.243 e. The normalized spacial score (nSPS) is 16.8. The molecule has 0 saturated carbocycles. The molecule has 1 saturated heterocycles. The van der Waals surface area contributed by atoms with Gasteiger partial charge in [0.2, 0.25) is 10.0 Å². The summed E-state index contributed by atoms with van der Waals surface area (Å²) in [6.07, 6.45) is 10.3. The van der Waals surface area contributed by atoms with E-state index in [1.165, 1.54) is 15.4 Å². The molecule has 3 aromatic rings. The summed E-state index contributed by atoms with van der Waals surface area (Å²) < 4.78 is 28.5. The van der Waals surface area contributed by atoms with Gasteiger partial charge in [0, 0.05) is 24.2 Å². The number of benzene rings is 3. The summed E-state index contributed by atoms with van der Waals surface area (Å²) in [6.45, 7) is 4.44. The van der Waals surface area contributed by atoms with Crippen LogP contribution < -0.4 is 0 Å². The van der Waals surface area contributed by atoms with Crippen LogP contribution in [0, 0.1) is 0 Å². The molecule has 1 aliphatic heterocycles. The fraction of sp³-hybridized carbons (Fsp3) is 0.303. The number of aryl methyl sites for hydroxylation is 2. The first kappa shape index (κ1) is 27.7. The third-order valence-corrected chi connectivity index (χ3v) is 8.74. The summed E-state index contributed by atoms with van der Waals surface area (Å²) in [5.41, 5.74) is 5.27. The summed E-state index contributed by atoms with van der Waals surface area (Å²) >= 11 is 0. The highest BCUT2D eigenvalue weighted by Crippen LogP contribution is 2.27. The number of carbonyl (C=O) groups is 1. The van der Waals surface area contributed by atoms with Gasteiger partial charge in [-0.2, -0.15) is 4.31 Å². The van der Waals surface area contributed by atoms with Crippen LogP contribution in [-0.4, -0.2) is 31.6 Å². The molecule has 1 aliphatic rings. The highest BCUT2D eigenvalue weighted by Gasteiger charge is 2.34. The zero-order chi connectivity index (χ0) is 27.0. The molecule has 0 amide bonds. The number of hydrogen-bond donors (Lipinski definition) is 0. The van der Waals surface area contributed by atoms with Gasteiger partial charge in [0.25, 0.3) is 0 Å². The third kappa shape index (κ3) is 6.97. The molecule has 3 aromatic carbocycles. The van der Waals surface area contributed by atoms with Gasteiger partial charge in [-0.1, -0.05) is 93.4 Å². The predicted octanol–water partition coefficient (Wildman–Crippen LogP) is 7.11. The minimum atomic E-state index is -3.77. The first-order valence-corrected chi connectivity index (χ1v) is 15.0. The van der Waals surface area contributed by atoms with E-state index in [1.54, 1.807) is 30.3 Å². The minimum absolute atomic E-state index is 0.0426. The second-order valence-corrected chi connectivity index (χ2v) is 11.9. The Morgan fingerprint density at radius 1 is 0.684 bits per heavy atom. The first-order valence-electron chi connectivity index (χ1n) is 13.6. The van der Waals surface area contributed by atoms with Crippen molar-refractivity contribution in [2.45, 2.75) is 57.3 Å². The summed E-state index contributed by atoms with van der Waals surface area (Å²) in [6, 6.07) is 24.8. The Morgan fingerprint density at radius 2 is 1.13 bits per heavy atom. The largest absolute Gasteiger partial charge is 0.289 e. The van der Waals surface area contributed by atoms with E-state index >= 15 is 0 Å². The average molecular weight is 528 g/mol. The fourth-order valence-corrected chi connectivity index (χ4v) is 6.06. The number of rotatable bonds is 10. The van der Waals surface area contributed by atoms with Crippen molar-refractivity contribution in [2.75, 3.05) is 13.1 Å². The van der Waals surface area contributed by atoms with Crippen molar-refractivity contribution in [3.63, 3.8) is 0 Å². The Kier molecular flexibility index (Phi) is 9.48. The highest BCUT2D eigenvalue weighted by molar-refractivity contribution is 7.89. The van der Waals surface area contributed by atoms with Gasteiger partial charge in [0.1, 0.15) is 0 Å². The Labute approximate surface area is 227 Å². The number of Topliss-reactive ketones (excluding diaryl/α,β-unsaturated/α-hetero) is 1. The minimum Gasteiger partial charge on any atom is -0.289 e. The van der Waals surface area contributed by atoms with E-state index in [9.17, 15) is 13.2 Å². The maximum atomic E-state index is 13.6. The van der Waals surface area contributed by atoms with Crippen molar-refractivity contribution in [2.24, 2.45) is 0 Å². The maximum Gasteiger partial charge on any atom is 0.243 e. The van der Waals surface area contributed by atoms with Crippen molar-refractivity contribution < 1.29 is 13.2 Å². The molecule has 0 unspecified atom stereocenters. The molecule has 0 aliphatic carbocycles. The molecule has 4 nitrogen and oxygen atoms in total. The second-order valence-electron chi connectivity index (χ2n) is 9.94. The molecule has 0 spiro atoms. The van der Waals surface area contributed by atoms with Crippen molar-refractivity contribution >= 4 is 28.0 Å². The topological polar surface area (TPSA) is 54.5 Å². The van der Waals surface area contributed by atoms with E-state index in [-0.39, 0.29) is 23.8 Å². The molecular weight excluding hydrogens is 490 g/mol. The van der Waals surface area contributed by atoms with E-state index in [0.717, 1.165) is 49.7 Å². The van der Waals surface area contributed by atoms with Gasteiger partial charge < -0.3 is 0 Å². The van der Waals surface area contributed by atoms with Gasteiger partial charge >= 0.3 is 0 Å². The summed E-state index contributed by atoms with van der Waals surface area (Å²) in [7, 11) is -3.77. The van der Waals surface area contributed by atoms with Crippen LogP contribution in [0.2, 0.25) is 0 Å². The molecule has 1 heterocycles. The van der Waals surface area contributed by atoms with Gasteiger partial charge in [-0.15, -0.1) is 0 Å². The maximum absolute atomic E-state index is 13.6. The number of ketones is 1. The summed E-state index contributed by atoms with van der Waals surface area (Å²) in [5, 5.41) is 0. The SMILES string of the molecule is CCCCc1ccc(/C=C2\CN(S(=O)(=O)c3ccccc3)C/C(=C\c3ccc(CCCC)cc3)C2=O)cc1. The van der Waals surface area contributed by atoms with E-state index < -0.39 is 10.0 Å². The van der Waals surface area contributed by atoms with Crippen LogP contribution in [0.15, 0.2) is 94.9 Å². The van der Waals surface area contributed by atoms with Gasteiger partial charge in [0.15, 0.2) is 5.78 Å². The average Bonchev–Trinajstić information content (AvgIpc) is 2.94. The van der Waals surface area contributed by atoms with Crippen LogP contribution in [0.3, 0.4) is 0 Å². The number of piperidine rings is 1. The van der Waals surface area contributed by atoms with Crippen molar-refractivity contribution in [1.29, 1.82) is 0 Å². The zero-order valence-corrected chi connectivity index (χ0v) is 23.2. The third-order valence-electron chi connectivity index (χ3n) is 6.94. The lowest BCUT2D eigenvalue weighted by Crippen LogP contribution is -2.41. The molecule has 0 radical (unpaired) electrons. The van der Waals surface area contributed by atoms with Crippen LogP contribution in [0.4, 0.5) is 0 Å². The van der Waals surface area contributed by atoms with Crippen molar-refractivity contribution in [3.05, 3.63) is 112 Å². The van der Waals surface area contributed by atoms with E-state index in [1.807, 2.05) is 36.4 Å². The van der Waals surface area contributed by atoms with Gasteiger partial charge in [-0.3, -0.25) is 4.79 Å². The molecule has 5 heteroatoms. The molecule has 1 fully saturated rings. The van der Waals surface area contributed by atoms with Gasteiger partial charge in [-0.25, -0.2) is 8.42 Å². The van der Waals surface area contributed by atoms with Crippen LogP contribution in [0.1, 0.15) is 61.8 Å². The number of hydrogen-bond acceptors (Lipinski definition) is 3. The quantitative estimate of drug-likeness (QED) is 0.264. The Balaban J connectivity index is 1.67. The standard InChI is InChI=1S/C33H37NO3S/c1-3-5-10-26-14-18-28(19-15-26)22-30-24-34(38(36,37)32-12-8-7-9-13-32)25-31(33(30)35)23-29-20-16-27(17-21-29)11-6-4-2/h7-9,12-23H,3-6,10-11,24-25H2,1-2H3/b30-22+,31-23+. The molecule has 0 bridgehead atoms. The molecule has 198 valence electrons. The predicted molar refractivity (Wildman–Crippen MR) is 156 cm³/mol. The van der Waals surface area contributed by atoms with Crippen LogP contribution in [0.25, 0.3) is 12.2 Å². The Bertz CT molecular complexity index is 1310. The second kappa shape index (κ2) is 13.0. The first-order chi connectivity index (χ1) is 18.4. The van der Waals surface area contributed by atoms with Crippen molar-refractivity contribution in [3.8, 4) is 0 Å². The molecule has 38 heavy (non-hydrogen) atoms. The molecule has 0 N–H and O–H groups in total. The van der Waals surface area contributed by atoms with Gasteiger partial charge in [0.05, 0.1) is 4.90 Å². The molecule has 4 rings (SSSR count). The van der Waals surface area contributed by atoms with Crippen LogP contribution >= 0.6 is 0 Å². The lowest BCUT2D eigenvalue weighted by atomic mass is 9.95. The number of nitrogens with zero attached hydrogens (tertiary/aromatic N) is 1. The lowest BCUT2D eigenvalue weighted by molar-refractivity contribution is -0.113. The van der Waals surface area contributed by atoms with Crippen LogP contribution in [-0.2, 0) is 27.7 Å². The van der Waals surface area contributed by atoms with E-state index in [4.69, 9.17) is 0 Å². The fourth-order valence-electron chi connectivity index (χ4n) is 4.64. The number of sulfonamides is 1.